The van der Waals surface area contributed by atoms with E-state index in [1.165, 1.54) is 0 Å². The van der Waals surface area contributed by atoms with Gasteiger partial charge in [0.15, 0.2) is 0 Å². The zero-order valence-electron chi connectivity index (χ0n) is 8.89. The van der Waals surface area contributed by atoms with Gasteiger partial charge in [-0.3, -0.25) is 4.72 Å². The molecule has 0 fully saturated rings. The van der Waals surface area contributed by atoms with Crippen molar-refractivity contribution >= 4 is 21.4 Å². The largest absolute Gasteiger partial charge is 0.365 e. The van der Waals surface area contributed by atoms with Gasteiger partial charge < -0.3 is 4.90 Å². The van der Waals surface area contributed by atoms with Crippen LogP contribution in [0.15, 0.2) is 36.9 Å². The lowest BCUT2D eigenvalue weighted by Gasteiger charge is -2.21. The molecule has 1 aromatic carbocycles. The van der Waals surface area contributed by atoms with Crippen molar-refractivity contribution in [2.75, 3.05) is 28.5 Å². The van der Waals surface area contributed by atoms with E-state index in [1.54, 1.807) is 12.1 Å². The van der Waals surface area contributed by atoms with Crippen molar-refractivity contribution in [3.8, 4) is 0 Å². The van der Waals surface area contributed by atoms with E-state index in [0.29, 0.717) is 18.8 Å². The van der Waals surface area contributed by atoms with Gasteiger partial charge in [0.05, 0.1) is 17.1 Å². The van der Waals surface area contributed by atoms with Crippen LogP contribution >= 0.6 is 0 Å². The minimum absolute atomic E-state index is 0.107. The van der Waals surface area contributed by atoms with Crippen molar-refractivity contribution in [1.82, 2.24) is 0 Å². The van der Waals surface area contributed by atoms with E-state index in [2.05, 4.69) is 11.3 Å². The standard InChI is InChI=1S/C11H14N2O2S/c1-2-7-13-8-9-16(14,15)12-10-5-3-4-6-11(10)13/h2-6,12H,1,7-9H2. The summed E-state index contributed by atoms with van der Waals surface area (Å²) in [5.74, 6) is 0.107. The molecule has 4 nitrogen and oxygen atoms in total. The third-order valence-corrected chi connectivity index (χ3v) is 3.74. The van der Waals surface area contributed by atoms with E-state index < -0.39 is 10.0 Å². The highest BCUT2D eigenvalue weighted by atomic mass is 32.2. The number of para-hydroxylation sites is 2. The van der Waals surface area contributed by atoms with Crippen LogP contribution < -0.4 is 9.62 Å². The molecule has 16 heavy (non-hydrogen) atoms. The Morgan fingerprint density at radius 1 is 1.44 bits per heavy atom. The zero-order valence-corrected chi connectivity index (χ0v) is 9.70. The molecule has 0 aliphatic carbocycles. The second-order valence-electron chi connectivity index (χ2n) is 3.67. The first-order valence-corrected chi connectivity index (χ1v) is 6.73. The van der Waals surface area contributed by atoms with Gasteiger partial charge in [-0.15, -0.1) is 6.58 Å². The van der Waals surface area contributed by atoms with Gasteiger partial charge in [-0.05, 0) is 12.1 Å². The van der Waals surface area contributed by atoms with Gasteiger partial charge in [-0.25, -0.2) is 8.42 Å². The van der Waals surface area contributed by atoms with Gasteiger partial charge in [0.25, 0.3) is 0 Å². The molecule has 0 spiro atoms. The number of nitrogens with one attached hydrogen (secondary N) is 1. The molecule has 1 aliphatic rings. The van der Waals surface area contributed by atoms with E-state index in [0.717, 1.165) is 5.69 Å². The molecule has 86 valence electrons. The lowest BCUT2D eigenvalue weighted by atomic mass is 10.2. The summed E-state index contributed by atoms with van der Waals surface area (Å²) >= 11 is 0. The SMILES string of the molecule is C=CCN1CCS(=O)(=O)Nc2ccccc21. The predicted octanol–water partition coefficient (Wildman–Crippen LogP) is 1.43. The number of sulfonamides is 1. The third-order valence-electron chi connectivity index (χ3n) is 2.49. The van der Waals surface area contributed by atoms with Crippen LogP contribution in [-0.4, -0.2) is 27.3 Å². The van der Waals surface area contributed by atoms with Crippen molar-refractivity contribution in [3.05, 3.63) is 36.9 Å². The first-order chi connectivity index (χ1) is 7.62. The van der Waals surface area contributed by atoms with Crippen molar-refractivity contribution in [1.29, 1.82) is 0 Å². The Hall–Kier alpha value is -1.49. The molecule has 0 bridgehead atoms. The van der Waals surface area contributed by atoms with Crippen LogP contribution in [-0.2, 0) is 10.0 Å². The molecule has 0 unspecified atom stereocenters. The molecular formula is C11H14N2O2S. The van der Waals surface area contributed by atoms with Crippen molar-refractivity contribution in [3.63, 3.8) is 0 Å². The maximum absolute atomic E-state index is 11.6. The number of hydrogen-bond acceptors (Lipinski definition) is 3. The Labute approximate surface area is 95.6 Å². The van der Waals surface area contributed by atoms with E-state index in [9.17, 15) is 8.42 Å². The minimum atomic E-state index is -3.21. The molecule has 0 aromatic heterocycles. The zero-order chi connectivity index (χ0) is 11.6. The Kier molecular flexibility index (Phi) is 2.87. The summed E-state index contributed by atoms with van der Waals surface area (Å²) in [6.45, 7) is 4.81. The molecule has 1 aliphatic heterocycles. The quantitative estimate of drug-likeness (QED) is 0.793. The highest BCUT2D eigenvalue weighted by molar-refractivity contribution is 7.92. The topological polar surface area (TPSA) is 49.4 Å². The molecule has 0 radical (unpaired) electrons. The second kappa shape index (κ2) is 4.17. The number of anilines is 2. The van der Waals surface area contributed by atoms with Gasteiger partial charge >= 0.3 is 0 Å². The monoisotopic (exact) mass is 238 g/mol. The van der Waals surface area contributed by atoms with Gasteiger partial charge in [0.2, 0.25) is 10.0 Å². The van der Waals surface area contributed by atoms with E-state index in [4.69, 9.17) is 0 Å². The van der Waals surface area contributed by atoms with Gasteiger partial charge in [-0.2, -0.15) is 0 Å². The lowest BCUT2D eigenvalue weighted by molar-refractivity contribution is 0.601. The highest BCUT2D eigenvalue weighted by Crippen LogP contribution is 2.28. The molecule has 2 rings (SSSR count). The number of fused-ring (bicyclic) bond motifs is 1. The van der Waals surface area contributed by atoms with Crippen LogP contribution in [0.25, 0.3) is 0 Å². The average Bonchev–Trinajstić information content (AvgIpc) is 2.36. The van der Waals surface area contributed by atoms with Crippen molar-refractivity contribution in [2.45, 2.75) is 0 Å². The molecule has 1 aromatic rings. The summed E-state index contributed by atoms with van der Waals surface area (Å²) in [6.07, 6.45) is 1.77. The van der Waals surface area contributed by atoms with E-state index in [1.807, 2.05) is 23.1 Å². The fraction of sp³-hybridized carbons (Fsp3) is 0.273. The number of benzene rings is 1. The summed E-state index contributed by atoms with van der Waals surface area (Å²) in [7, 11) is -3.21. The molecule has 0 amide bonds. The normalized spacial score (nSPS) is 18.1. The number of rotatable bonds is 2. The van der Waals surface area contributed by atoms with E-state index >= 15 is 0 Å². The van der Waals surface area contributed by atoms with Crippen molar-refractivity contribution < 1.29 is 8.42 Å². The molecule has 0 saturated heterocycles. The summed E-state index contributed by atoms with van der Waals surface area (Å²) in [4.78, 5) is 2.00. The Bertz CT molecular complexity index is 496. The fourth-order valence-electron chi connectivity index (χ4n) is 1.75. The average molecular weight is 238 g/mol. The van der Waals surface area contributed by atoms with Crippen LogP contribution in [0.2, 0.25) is 0 Å². The molecule has 1 heterocycles. The van der Waals surface area contributed by atoms with Gasteiger partial charge in [-0.1, -0.05) is 18.2 Å². The van der Waals surface area contributed by atoms with Crippen LogP contribution in [0.3, 0.4) is 0 Å². The second-order valence-corrected chi connectivity index (χ2v) is 5.51. The van der Waals surface area contributed by atoms with Crippen LogP contribution in [0.1, 0.15) is 0 Å². The third kappa shape index (κ3) is 2.19. The maximum Gasteiger partial charge on any atom is 0.234 e. The summed E-state index contributed by atoms with van der Waals surface area (Å²) < 4.78 is 25.8. The number of nitrogens with zero attached hydrogens (tertiary/aromatic N) is 1. The molecule has 0 atom stereocenters. The first-order valence-electron chi connectivity index (χ1n) is 5.08. The maximum atomic E-state index is 11.6. The molecular weight excluding hydrogens is 224 g/mol. The van der Waals surface area contributed by atoms with E-state index in [-0.39, 0.29) is 5.75 Å². The van der Waals surface area contributed by atoms with Gasteiger partial charge in [0, 0.05) is 13.1 Å². The number of hydrogen-bond donors (Lipinski definition) is 1. The van der Waals surface area contributed by atoms with Crippen LogP contribution in [0, 0.1) is 0 Å². The molecule has 5 heteroatoms. The Balaban J connectivity index is 2.45. The van der Waals surface area contributed by atoms with Crippen molar-refractivity contribution in [2.24, 2.45) is 0 Å². The molecule has 1 N–H and O–H groups in total. The summed E-state index contributed by atoms with van der Waals surface area (Å²) in [5.41, 5.74) is 1.55. The predicted molar refractivity (Wildman–Crippen MR) is 66.3 cm³/mol. The van der Waals surface area contributed by atoms with Crippen LogP contribution in [0.4, 0.5) is 11.4 Å². The minimum Gasteiger partial charge on any atom is -0.365 e. The first kappa shape index (κ1) is 11.0. The summed E-state index contributed by atoms with van der Waals surface area (Å²) in [6, 6.07) is 7.40. The fourth-order valence-corrected chi connectivity index (χ4v) is 2.82. The van der Waals surface area contributed by atoms with Gasteiger partial charge in [0.1, 0.15) is 0 Å². The highest BCUT2D eigenvalue weighted by Gasteiger charge is 2.21. The van der Waals surface area contributed by atoms with Crippen LogP contribution in [0.5, 0.6) is 0 Å². The summed E-state index contributed by atoms with van der Waals surface area (Å²) in [5, 5.41) is 0. The Morgan fingerprint density at radius 3 is 2.94 bits per heavy atom. The Morgan fingerprint density at radius 2 is 2.19 bits per heavy atom. The molecule has 0 saturated carbocycles. The lowest BCUT2D eigenvalue weighted by Crippen LogP contribution is -2.27. The smallest absolute Gasteiger partial charge is 0.234 e.